The fourth-order valence-corrected chi connectivity index (χ4v) is 3.38. The summed E-state index contributed by atoms with van der Waals surface area (Å²) in [6.07, 6.45) is 2.05. The number of aryl methyl sites for hydroxylation is 1. The minimum atomic E-state index is -0.0803. The minimum absolute atomic E-state index is 0.0803. The quantitative estimate of drug-likeness (QED) is 0.419. The molecule has 0 fully saturated rings. The van der Waals surface area contributed by atoms with Gasteiger partial charge in [-0.1, -0.05) is 60.7 Å². The molecule has 0 spiro atoms. The Bertz CT molecular complexity index is 1160. The highest BCUT2D eigenvalue weighted by Crippen LogP contribution is 2.23. The molecule has 1 amide bonds. The van der Waals surface area contributed by atoms with Crippen molar-refractivity contribution in [3.05, 3.63) is 114 Å². The fourth-order valence-electron chi connectivity index (χ4n) is 3.38. The Labute approximate surface area is 182 Å². The Balaban J connectivity index is 1.39. The lowest BCUT2D eigenvalue weighted by molar-refractivity contribution is -0.115. The third-order valence-corrected chi connectivity index (χ3v) is 4.96. The number of rotatable bonds is 7. The molecule has 0 saturated heterocycles. The highest BCUT2D eigenvalue weighted by atomic mass is 16.5. The molecule has 0 unspecified atom stereocenters. The van der Waals surface area contributed by atoms with Gasteiger partial charge in [0, 0.05) is 23.1 Å². The van der Waals surface area contributed by atoms with E-state index in [-0.39, 0.29) is 12.3 Å². The van der Waals surface area contributed by atoms with Crippen LogP contribution in [0.25, 0.3) is 11.1 Å². The van der Waals surface area contributed by atoms with E-state index in [1.165, 1.54) is 0 Å². The van der Waals surface area contributed by atoms with Crippen molar-refractivity contribution >= 4 is 11.6 Å². The van der Waals surface area contributed by atoms with Gasteiger partial charge in [0.2, 0.25) is 5.91 Å². The Hall–Kier alpha value is -3.92. The van der Waals surface area contributed by atoms with Crippen LogP contribution in [0.5, 0.6) is 5.75 Å². The van der Waals surface area contributed by atoms with Crippen LogP contribution in [0, 0.1) is 6.92 Å². The molecule has 4 nitrogen and oxygen atoms in total. The second-order valence-corrected chi connectivity index (χ2v) is 7.37. The van der Waals surface area contributed by atoms with Crippen LogP contribution in [0.2, 0.25) is 0 Å². The third kappa shape index (κ3) is 5.58. The third-order valence-electron chi connectivity index (χ3n) is 4.96. The van der Waals surface area contributed by atoms with Gasteiger partial charge in [-0.05, 0) is 53.9 Å². The Morgan fingerprint density at radius 2 is 1.61 bits per heavy atom. The molecule has 1 N–H and O–H groups in total. The number of aromatic nitrogens is 1. The summed E-state index contributed by atoms with van der Waals surface area (Å²) in [6, 6.07) is 29.5. The second-order valence-electron chi connectivity index (χ2n) is 7.37. The number of nitrogens with zero attached hydrogens (tertiary/aromatic N) is 1. The van der Waals surface area contributed by atoms with Crippen LogP contribution in [0.1, 0.15) is 16.8 Å². The van der Waals surface area contributed by atoms with Crippen LogP contribution in [0.4, 0.5) is 5.69 Å². The van der Waals surface area contributed by atoms with Gasteiger partial charge in [-0.15, -0.1) is 0 Å². The molecular weight excluding hydrogens is 384 g/mol. The van der Waals surface area contributed by atoms with Crippen molar-refractivity contribution in [2.24, 2.45) is 0 Å². The summed E-state index contributed by atoms with van der Waals surface area (Å²) in [5.74, 6) is 0.646. The zero-order valence-electron chi connectivity index (χ0n) is 17.4. The lowest BCUT2D eigenvalue weighted by Crippen LogP contribution is -2.15. The number of hydrogen-bond acceptors (Lipinski definition) is 3. The second kappa shape index (κ2) is 9.72. The van der Waals surface area contributed by atoms with Gasteiger partial charge in [0.05, 0.1) is 6.42 Å². The molecule has 0 atom stereocenters. The normalized spacial score (nSPS) is 10.5. The molecule has 0 bridgehead atoms. The summed E-state index contributed by atoms with van der Waals surface area (Å²) in [5.41, 5.74) is 5.88. The molecule has 0 aliphatic carbocycles. The van der Waals surface area contributed by atoms with E-state index < -0.39 is 0 Å². The number of nitrogens with one attached hydrogen (secondary N) is 1. The maximum absolute atomic E-state index is 12.6. The molecule has 1 heterocycles. The number of pyridine rings is 1. The van der Waals surface area contributed by atoms with Crippen LogP contribution in [-0.2, 0) is 17.8 Å². The van der Waals surface area contributed by atoms with Crippen LogP contribution >= 0.6 is 0 Å². The van der Waals surface area contributed by atoms with Crippen molar-refractivity contribution in [3.63, 3.8) is 0 Å². The molecule has 0 radical (unpaired) electrons. The number of benzene rings is 3. The molecule has 154 valence electrons. The number of anilines is 1. The van der Waals surface area contributed by atoms with Crippen LogP contribution in [0.3, 0.4) is 0 Å². The van der Waals surface area contributed by atoms with E-state index in [0.717, 1.165) is 39.4 Å². The van der Waals surface area contributed by atoms with E-state index in [4.69, 9.17) is 4.74 Å². The van der Waals surface area contributed by atoms with Gasteiger partial charge < -0.3 is 10.1 Å². The van der Waals surface area contributed by atoms with E-state index in [1.807, 2.05) is 97.9 Å². The van der Waals surface area contributed by atoms with Crippen LogP contribution in [0.15, 0.2) is 97.2 Å². The topological polar surface area (TPSA) is 51.2 Å². The summed E-state index contributed by atoms with van der Waals surface area (Å²) < 4.78 is 5.96. The van der Waals surface area contributed by atoms with Gasteiger partial charge in [-0.3, -0.25) is 9.78 Å². The van der Waals surface area contributed by atoms with Gasteiger partial charge in [0.15, 0.2) is 0 Å². The molecule has 1 aromatic heterocycles. The van der Waals surface area contributed by atoms with E-state index in [1.54, 1.807) is 6.20 Å². The molecule has 3 aromatic carbocycles. The molecule has 31 heavy (non-hydrogen) atoms. The van der Waals surface area contributed by atoms with Crippen molar-refractivity contribution in [1.82, 2.24) is 4.98 Å². The first-order valence-electron chi connectivity index (χ1n) is 10.2. The standard InChI is InChI=1S/C27H24N2O2/c1-20-17-23(15-16-28-20)22-11-13-25(14-12-22)29-27(30)18-24-9-5-6-10-26(24)31-19-21-7-3-2-4-8-21/h2-17H,18-19H2,1H3,(H,29,30). The molecule has 0 aliphatic heterocycles. The zero-order chi connectivity index (χ0) is 21.5. The monoisotopic (exact) mass is 408 g/mol. The first kappa shape index (κ1) is 20.4. The summed E-state index contributed by atoms with van der Waals surface area (Å²) in [7, 11) is 0. The number of para-hydroxylation sites is 1. The number of hydrogen-bond donors (Lipinski definition) is 1. The van der Waals surface area contributed by atoms with Crippen molar-refractivity contribution in [3.8, 4) is 16.9 Å². The number of carbonyl (C=O) groups is 1. The lowest BCUT2D eigenvalue weighted by Gasteiger charge is -2.12. The molecule has 4 aromatic rings. The van der Waals surface area contributed by atoms with E-state index in [0.29, 0.717) is 6.61 Å². The number of carbonyl (C=O) groups excluding carboxylic acids is 1. The van der Waals surface area contributed by atoms with Gasteiger partial charge in [0.1, 0.15) is 12.4 Å². The Morgan fingerprint density at radius 3 is 2.39 bits per heavy atom. The smallest absolute Gasteiger partial charge is 0.228 e. The number of amides is 1. The van der Waals surface area contributed by atoms with E-state index in [2.05, 4.69) is 10.3 Å². The molecular formula is C27H24N2O2. The molecule has 4 rings (SSSR count). The Morgan fingerprint density at radius 1 is 0.871 bits per heavy atom. The highest BCUT2D eigenvalue weighted by molar-refractivity contribution is 5.92. The molecule has 0 aliphatic rings. The first-order chi connectivity index (χ1) is 15.2. The molecule has 4 heteroatoms. The van der Waals surface area contributed by atoms with Gasteiger partial charge in [-0.25, -0.2) is 0 Å². The first-order valence-corrected chi connectivity index (χ1v) is 10.2. The van der Waals surface area contributed by atoms with Gasteiger partial charge in [-0.2, -0.15) is 0 Å². The predicted molar refractivity (Wildman–Crippen MR) is 124 cm³/mol. The van der Waals surface area contributed by atoms with Crippen LogP contribution in [-0.4, -0.2) is 10.9 Å². The Kier molecular flexibility index (Phi) is 6.38. The van der Waals surface area contributed by atoms with Crippen molar-refractivity contribution < 1.29 is 9.53 Å². The summed E-state index contributed by atoms with van der Waals surface area (Å²) in [5, 5.41) is 2.97. The van der Waals surface area contributed by atoms with Gasteiger partial charge in [0.25, 0.3) is 0 Å². The lowest BCUT2D eigenvalue weighted by atomic mass is 10.1. The molecule has 0 saturated carbocycles. The average Bonchev–Trinajstić information content (AvgIpc) is 2.80. The van der Waals surface area contributed by atoms with Gasteiger partial charge >= 0.3 is 0 Å². The van der Waals surface area contributed by atoms with E-state index >= 15 is 0 Å². The maximum atomic E-state index is 12.6. The summed E-state index contributed by atoms with van der Waals surface area (Å²) in [4.78, 5) is 16.9. The maximum Gasteiger partial charge on any atom is 0.228 e. The summed E-state index contributed by atoms with van der Waals surface area (Å²) in [6.45, 7) is 2.44. The SMILES string of the molecule is Cc1cc(-c2ccc(NC(=O)Cc3ccccc3OCc3ccccc3)cc2)ccn1. The minimum Gasteiger partial charge on any atom is -0.489 e. The highest BCUT2D eigenvalue weighted by Gasteiger charge is 2.10. The van der Waals surface area contributed by atoms with Crippen LogP contribution < -0.4 is 10.1 Å². The zero-order valence-corrected chi connectivity index (χ0v) is 17.4. The predicted octanol–water partition coefficient (Wildman–Crippen LogP) is 5.82. The van der Waals surface area contributed by atoms with Crippen molar-refractivity contribution in [2.75, 3.05) is 5.32 Å². The van der Waals surface area contributed by atoms with E-state index in [9.17, 15) is 4.79 Å². The fraction of sp³-hybridized carbons (Fsp3) is 0.111. The average molecular weight is 409 g/mol. The summed E-state index contributed by atoms with van der Waals surface area (Å²) >= 11 is 0. The largest absolute Gasteiger partial charge is 0.489 e. The number of ether oxygens (including phenoxy) is 1. The van der Waals surface area contributed by atoms with Crippen molar-refractivity contribution in [2.45, 2.75) is 20.0 Å². The van der Waals surface area contributed by atoms with Crippen molar-refractivity contribution in [1.29, 1.82) is 0 Å².